The second-order valence-electron chi connectivity index (χ2n) is 12.2. The van der Waals surface area contributed by atoms with E-state index in [0.717, 1.165) is 25.7 Å². The van der Waals surface area contributed by atoms with Crippen LogP contribution in [0.4, 0.5) is 10.5 Å². The van der Waals surface area contributed by atoms with E-state index in [0.29, 0.717) is 11.3 Å². The van der Waals surface area contributed by atoms with Gasteiger partial charge in [0.1, 0.15) is 22.8 Å². The smallest absolute Gasteiger partial charge is 0.407 e. The summed E-state index contributed by atoms with van der Waals surface area (Å²) in [5.41, 5.74) is 2.75. The summed E-state index contributed by atoms with van der Waals surface area (Å²) in [6, 6.07) is 0.596. The molecule has 4 atom stereocenters. The van der Waals surface area contributed by atoms with Gasteiger partial charge in [-0.1, -0.05) is 26.2 Å². The van der Waals surface area contributed by atoms with Gasteiger partial charge in [0.2, 0.25) is 5.78 Å². The van der Waals surface area contributed by atoms with Crippen LogP contribution in [0, 0.1) is 11.8 Å². The van der Waals surface area contributed by atoms with E-state index in [4.69, 9.17) is 10.5 Å². The standard InChI is InChI=1S/C31H42N4O9/c1-6-7-8-9-10-44-30(42)33-14-16-13-19(34(2)3)17-11-15-12-18-23(35(4)5)26(38)22(29(32)41)28(40)31(18,43)27(39)20(15)25(37)21(17)24(16)36/h13,15,18,23,36,38-39,43H,6-12,14H2,1-5H3,(H2,32,41)(H,33,42)/t15-,18-,23-,31-/m0/s1. The molecule has 3 aliphatic rings. The molecule has 0 heterocycles. The number of aliphatic hydroxyl groups is 3. The van der Waals surface area contributed by atoms with Crippen LogP contribution in [0.2, 0.25) is 0 Å². The van der Waals surface area contributed by atoms with Gasteiger partial charge in [-0.05, 0) is 50.9 Å². The third kappa shape index (κ3) is 5.38. The van der Waals surface area contributed by atoms with E-state index < -0.39 is 69.9 Å². The molecular formula is C31H42N4O9. The van der Waals surface area contributed by atoms with E-state index in [1.54, 1.807) is 39.2 Å². The number of aromatic hydroxyl groups is 1. The van der Waals surface area contributed by atoms with Crippen molar-refractivity contribution in [2.24, 2.45) is 17.6 Å². The molecule has 0 unspecified atom stereocenters. The Morgan fingerprint density at radius 1 is 1.11 bits per heavy atom. The molecule has 0 radical (unpaired) electrons. The summed E-state index contributed by atoms with van der Waals surface area (Å²) in [6.07, 6.45) is 3.22. The maximum absolute atomic E-state index is 14.1. The Labute approximate surface area is 256 Å². The average Bonchev–Trinajstić information content (AvgIpc) is 2.93. The number of alkyl carbamates (subject to hydrolysis) is 1. The molecule has 0 fully saturated rings. The molecule has 0 aliphatic heterocycles. The van der Waals surface area contributed by atoms with Gasteiger partial charge in [-0.25, -0.2) is 4.79 Å². The molecular weight excluding hydrogens is 572 g/mol. The fourth-order valence-electron chi connectivity index (χ4n) is 6.80. The molecule has 3 aliphatic carbocycles. The van der Waals surface area contributed by atoms with Gasteiger partial charge < -0.3 is 41.1 Å². The van der Waals surface area contributed by atoms with E-state index in [9.17, 15) is 39.6 Å². The monoisotopic (exact) mass is 614 g/mol. The maximum Gasteiger partial charge on any atom is 0.407 e. The fraction of sp³-hybridized carbons (Fsp3) is 0.548. The summed E-state index contributed by atoms with van der Waals surface area (Å²) in [5, 5.41) is 48.1. The van der Waals surface area contributed by atoms with Gasteiger partial charge in [0, 0.05) is 43.4 Å². The number of likely N-dealkylation sites (N-methyl/N-ethyl adjacent to an activating group) is 1. The number of nitrogens with two attached hydrogens (primary N) is 1. The number of hydrogen-bond acceptors (Lipinski definition) is 11. The van der Waals surface area contributed by atoms with Gasteiger partial charge in [-0.2, -0.15) is 0 Å². The molecule has 0 spiro atoms. The number of fused-ring (bicyclic) bond motifs is 3. The highest BCUT2D eigenvalue weighted by Crippen LogP contribution is 2.53. The van der Waals surface area contributed by atoms with Crippen molar-refractivity contribution in [3.63, 3.8) is 0 Å². The first-order chi connectivity index (χ1) is 20.7. The summed E-state index contributed by atoms with van der Waals surface area (Å²) in [7, 11) is 6.68. The summed E-state index contributed by atoms with van der Waals surface area (Å²) in [5.74, 6) is -7.14. The van der Waals surface area contributed by atoms with E-state index in [1.807, 2.05) is 0 Å². The number of anilines is 1. The number of unbranched alkanes of at least 4 members (excludes halogenated alkanes) is 3. The number of ether oxygens (including phenoxy) is 1. The molecule has 13 heteroatoms. The van der Waals surface area contributed by atoms with Crippen LogP contribution in [0.5, 0.6) is 5.75 Å². The molecule has 0 bridgehead atoms. The van der Waals surface area contributed by atoms with Gasteiger partial charge in [0.15, 0.2) is 11.4 Å². The SMILES string of the molecule is CCCCCCOC(=O)NCc1cc(N(C)C)c2c(c1O)C(=O)C1=C(O)[C@]3(O)C(=O)C(C(N)=O)=C(O)[C@@H](N(C)C)[C@@H]3C[C@@H]1C2. The van der Waals surface area contributed by atoms with Crippen LogP contribution in [0.15, 0.2) is 28.7 Å². The lowest BCUT2D eigenvalue weighted by Gasteiger charge is -2.50. The second kappa shape index (κ2) is 12.5. The first kappa shape index (κ1) is 32.8. The molecule has 13 nitrogen and oxygen atoms in total. The maximum atomic E-state index is 14.1. The predicted molar refractivity (Wildman–Crippen MR) is 160 cm³/mol. The molecule has 2 amide bonds. The lowest BCUT2D eigenvalue weighted by atomic mass is 9.58. The first-order valence-corrected chi connectivity index (χ1v) is 14.8. The molecule has 0 aromatic heterocycles. The lowest BCUT2D eigenvalue weighted by molar-refractivity contribution is -0.148. The van der Waals surface area contributed by atoms with E-state index in [1.165, 1.54) is 4.90 Å². The molecule has 7 N–H and O–H groups in total. The van der Waals surface area contributed by atoms with Crippen molar-refractivity contribution in [1.29, 1.82) is 0 Å². The third-order valence-corrected chi connectivity index (χ3v) is 8.91. The number of benzene rings is 1. The van der Waals surface area contributed by atoms with E-state index in [-0.39, 0.29) is 42.7 Å². The van der Waals surface area contributed by atoms with E-state index in [2.05, 4.69) is 12.2 Å². The van der Waals surface area contributed by atoms with Crippen molar-refractivity contribution in [1.82, 2.24) is 10.2 Å². The molecule has 1 aromatic rings. The Morgan fingerprint density at radius 3 is 2.39 bits per heavy atom. The molecule has 240 valence electrons. The fourth-order valence-corrected chi connectivity index (χ4v) is 6.80. The minimum Gasteiger partial charge on any atom is -0.510 e. The second-order valence-corrected chi connectivity index (χ2v) is 12.2. The predicted octanol–water partition coefficient (Wildman–Crippen LogP) is 1.99. The largest absolute Gasteiger partial charge is 0.510 e. The number of Topliss-reactive ketones (excluding diaryl/α,β-unsaturated/α-hetero) is 2. The number of hydrogen-bond donors (Lipinski definition) is 6. The van der Waals surface area contributed by atoms with Crippen LogP contribution < -0.4 is 16.0 Å². The van der Waals surface area contributed by atoms with Crippen LogP contribution in [0.25, 0.3) is 0 Å². The number of phenolic OH excluding ortho intramolecular Hbond substituents is 1. The lowest BCUT2D eigenvalue weighted by Crippen LogP contribution is -2.63. The number of nitrogens with one attached hydrogen (secondary N) is 1. The van der Waals surface area contributed by atoms with Crippen molar-refractivity contribution in [3.05, 3.63) is 45.4 Å². The average molecular weight is 615 g/mol. The number of aliphatic hydroxyl groups excluding tert-OH is 2. The normalized spacial score (nSPS) is 24.6. The zero-order valence-electron chi connectivity index (χ0n) is 25.8. The number of allylic oxidation sites excluding steroid dienone is 1. The third-order valence-electron chi connectivity index (χ3n) is 8.91. The van der Waals surface area contributed by atoms with Crippen molar-refractivity contribution in [3.8, 4) is 5.75 Å². The van der Waals surface area contributed by atoms with Crippen LogP contribution in [-0.4, -0.2) is 95.3 Å². The van der Waals surface area contributed by atoms with Crippen molar-refractivity contribution in [2.45, 2.75) is 63.6 Å². The van der Waals surface area contributed by atoms with Gasteiger partial charge >= 0.3 is 6.09 Å². The molecule has 4 rings (SSSR count). The Hall–Kier alpha value is -4.10. The van der Waals surface area contributed by atoms with E-state index >= 15 is 0 Å². The number of carbonyl (C=O) groups is 4. The minimum atomic E-state index is -2.72. The Balaban J connectivity index is 1.75. The zero-order chi connectivity index (χ0) is 32.7. The number of amides is 2. The van der Waals surface area contributed by atoms with Crippen LogP contribution in [0.1, 0.15) is 60.5 Å². The topological polar surface area (TPSA) is 203 Å². The van der Waals surface area contributed by atoms with Crippen molar-refractivity contribution < 1.29 is 44.3 Å². The summed E-state index contributed by atoms with van der Waals surface area (Å²) >= 11 is 0. The quantitative estimate of drug-likeness (QED) is 0.166. The van der Waals surface area contributed by atoms with Crippen LogP contribution >= 0.6 is 0 Å². The number of primary amides is 1. The number of rotatable bonds is 10. The molecule has 1 aromatic carbocycles. The Kier molecular flexibility index (Phi) is 9.31. The summed E-state index contributed by atoms with van der Waals surface area (Å²) < 4.78 is 5.21. The Morgan fingerprint density at radius 2 is 1.80 bits per heavy atom. The van der Waals surface area contributed by atoms with Gasteiger partial charge in [0.05, 0.1) is 18.2 Å². The van der Waals surface area contributed by atoms with Gasteiger partial charge in [-0.15, -0.1) is 0 Å². The number of nitrogens with zero attached hydrogens (tertiary/aromatic N) is 2. The Bertz CT molecular complexity index is 1450. The van der Waals surface area contributed by atoms with Gasteiger partial charge in [-0.3, -0.25) is 19.3 Å². The number of carbonyl (C=O) groups excluding carboxylic acids is 4. The highest BCUT2D eigenvalue weighted by Gasteiger charge is 2.63. The van der Waals surface area contributed by atoms with Gasteiger partial charge in [0.25, 0.3) is 5.91 Å². The highest BCUT2D eigenvalue weighted by molar-refractivity contribution is 6.25. The number of ketones is 2. The van der Waals surface area contributed by atoms with Crippen LogP contribution in [-0.2, 0) is 27.3 Å². The first-order valence-electron chi connectivity index (χ1n) is 14.8. The number of phenols is 1. The van der Waals surface area contributed by atoms with Crippen molar-refractivity contribution >= 4 is 29.3 Å². The highest BCUT2D eigenvalue weighted by atomic mass is 16.5. The summed E-state index contributed by atoms with van der Waals surface area (Å²) in [4.78, 5) is 55.3. The zero-order valence-corrected chi connectivity index (χ0v) is 25.8. The van der Waals surface area contributed by atoms with Crippen LogP contribution in [0.3, 0.4) is 0 Å². The molecule has 44 heavy (non-hydrogen) atoms. The molecule has 0 saturated carbocycles. The summed E-state index contributed by atoms with van der Waals surface area (Å²) in [6.45, 7) is 2.17. The minimum absolute atomic E-state index is 0.00715. The van der Waals surface area contributed by atoms with Crippen molar-refractivity contribution in [2.75, 3.05) is 39.7 Å². The molecule has 0 saturated heterocycles.